The number of alkyl halides is 2. The van der Waals surface area contributed by atoms with Gasteiger partial charge in [0, 0.05) is 11.1 Å². The maximum absolute atomic E-state index is 14.4. The molecule has 1 aromatic rings. The maximum atomic E-state index is 14.4. The lowest BCUT2D eigenvalue weighted by Gasteiger charge is -2.20. The monoisotopic (exact) mass is 402 g/mol. The maximum Gasteiger partial charge on any atom is 0.350 e. The Labute approximate surface area is 157 Å². The Bertz CT molecular complexity index is 827. The summed E-state index contributed by atoms with van der Waals surface area (Å²) >= 11 is 0. The SMILES string of the molecule is CC[C@H](C)[C@H](N)C(=O)OC[C@H]1O[C@@H](n2ccc(N=[N+]=[N-])nc2=O)C(F)(F)[C@@H]1O. The van der Waals surface area contributed by atoms with Gasteiger partial charge in [-0.1, -0.05) is 20.3 Å². The molecule has 1 saturated heterocycles. The molecule has 28 heavy (non-hydrogen) atoms. The first kappa shape index (κ1) is 21.7. The molecular formula is C15H20F2N6O5. The number of rotatable bonds is 7. The molecule has 3 N–H and O–H groups in total. The van der Waals surface area contributed by atoms with Crippen molar-refractivity contribution in [1.29, 1.82) is 0 Å². The molecule has 0 saturated carbocycles. The Morgan fingerprint density at radius 3 is 2.89 bits per heavy atom. The molecule has 13 heteroatoms. The average Bonchev–Trinajstić information content (AvgIpc) is 2.88. The summed E-state index contributed by atoms with van der Waals surface area (Å²) < 4.78 is 39.3. The largest absolute Gasteiger partial charge is 0.462 e. The van der Waals surface area contributed by atoms with Crippen molar-refractivity contribution in [3.05, 3.63) is 33.2 Å². The highest BCUT2D eigenvalue weighted by Gasteiger charge is 2.60. The number of aliphatic hydroxyl groups is 1. The summed E-state index contributed by atoms with van der Waals surface area (Å²) in [5.74, 6) is -5.18. The summed E-state index contributed by atoms with van der Waals surface area (Å²) in [7, 11) is 0. The Morgan fingerprint density at radius 1 is 1.64 bits per heavy atom. The molecule has 2 heterocycles. The molecular weight excluding hydrogens is 382 g/mol. The predicted octanol–water partition coefficient (Wildman–Crippen LogP) is 0.995. The van der Waals surface area contributed by atoms with Crippen LogP contribution < -0.4 is 11.4 Å². The van der Waals surface area contributed by atoms with Crippen LogP contribution in [0.2, 0.25) is 0 Å². The van der Waals surface area contributed by atoms with E-state index in [1.54, 1.807) is 6.92 Å². The molecule has 11 nitrogen and oxygen atoms in total. The Kier molecular flexibility index (Phi) is 6.67. The molecule has 1 aliphatic rings. The van der Waals surface area contributed by atoms with Gasteiger partial charge in [0.05, 0.1) is 0 Å². The summed E-state index contributed by atoms with van der Waals surface area (Å²) in [6.45, 7) is 2.89. The van der Waals surface area contributed by atoms with Crippen LogP contribution in [0.25, 0.3) is 10.4 Å². The number of carbonyl (C=O) groups excluding carboxylic acids is 1. The van der Waals surface area contributed by atoms with Crippen LogP contribution in [0.4, 0.5) is 14.6 Å². The van der Waals surface area contributed by atoms with Gasteiger partial charge in [0.2, 0.25) is 6.23 Å². The minimum absolute atomic E-state index is 0.185. The molecule has 5 atom stereocenters. The highest BCUT2D eigenvalue weighted by Crippen LogP contribution is 2.42. The fourth-order valence-corrected chi connectivity index (χ4v) is 2.54. The summed E-state index contributed by atoms with van der Waals surface area (Å²) in [5, 5.41) is 13.0. The van der Waals surface area contributed by atoms with Crippen molar-refractivity contribution in [1.82, 2.24) is 9.55 Å². The highest BCUT2D eigenvalue weighted by molar-refractivity contribution is 5.75. The van der Waals surface area contributed by atoms with Crippen LogP contribution in [0.15, 0.2) is 22.2 Å². The third-order valence-electron chi connectivity index (χ3n) is 4.51. The Morgan fingerprint density at radius 2 is 2.32 bits per heavy atom. The fraction of sp³-hybridized carbons (Fsp3) is 0.667. The Balaban J connectivity index is 2.15. The molecule has 0 amide bonds. The van der Waals surface area contributed by atoms with Gasteiger partial charge in [-0.2, -0.15) is 13.8 Å². The van der Waals surface area contributed by atoms with Gasteiger partial charge in [-0.15, -0.1) is 0 Å². The minimum atomic E-state index is -3.87. The normalized spacial score (nSPS) is 25.6. The number of hydrogen-bond acceptors (Lipinski definition) is 8. The quantitative estimate of drug-likeness (QED) is 0.297. The van der Waals surface area contributed by atoms with Crippen molar-refractivity contribution >= 4 is 11.8 Å². The van der Waals surface area contributed by atoms with Gasteiger partial charge in [0.15, 0.2) is 6.10 Å². The first-order chi connectivity index (χ1) is 13.1. The number of ether oxygens (including phenoxy) is 2. The van der Waals surface area contributed by atoms with E-state index in [0.717, 1.165) is 12.3 Å². The molecule has 0 aliphatic carbocycles. The molecule has 1 fully saturated rings. The van der Waals surface area contributed by atoms with E-state index in [1.165, 1.54) is 0 Å². The zero-order chi connectivity index (χ0) is 21.1. The van der Waals surface area contributed by atoms with Crippen molar-refractivity contribution in [2.24, 2.45) is 16.8 Å². The summed E-state index contributed by atoms with van der Waals surface area (Å²) in [4.78, 5) is 29.6. The van der Waals surface area contributed by atoms with E-state index in [4.69, 9.17) is 20.7 Å². The Hall–Kier alpha value is -2.60. The molecule has 0 aromatic carbocycles. The first-order valence-corrected chi connectivity index (χ1v) is 8.41. The second kappa shape index (κ2) is 8.61. The van der Waals surface area contributed by atoms with E-state index in [0.29, 0.717) is 11.0 Å². The highest BCUT2D eigenvalue weighted by atomic mass is 19.3. The molecule has 154 valence electrons. The lowest BCUT2D eigenvalue weighted by molar-refractivity contribution is -0.153. The summed E-state index contributed by atoms with van der Waals surface area (Å²) in [6, 6.07) is 0.0887. The van der Waals surface area contributed by atoms with E-state index >= 15 is 0 Å². The van der Waals surface area contributed by atoms with Gasteiger partial charge in [0.25, 0.3) is 0 Å². The van der Waals surface area contributed by atoms with E-state index in [-0.39, 0.29) is 11.7 Å². The summed E-state index contributed by atoms with van der Waals surface area (Å²) in [6.07, 6.45) is -4.60. The van der Waals surface area contributed by atoms with Crippen LogP contribution in [0.5, 0.6) is 0 Å². The van der Waals surface area contributed by atoms with Crippen LogP contribution in [0.3, 0.4) is 0 Å². The van der Waals surface area contributed by atoms with Crippen molar-refractivity contribution in [2.45, 2.75) is 50.7 Å². The number of halogens is 2. The minimum Gasteiger partial charge on any atom is -0.462 e. The molecule has 2 rings (SSSR count). The topological polar surface area (TPSA) is 165 Å². The average molecular weight is 402 g/mol. The van der Waals surface area contributed by atoms with Gasteiger partial charge in [-0.25, -0.2) is 4.79 Å². The summed E-state index contributed by atoms with van der Waals surface area (Å²) in [5.41, 5.74) is 12.9. The third kappa shape index (κ3) is 4.28. The standard InChI is InChI=1S/C15H20F2N6O5/c1-3-7(2)10(18)12(25)27-6-8-11(24)15(16,17)13(28-8)23-5-4-9(21-22-19)20-14(23)26/h4-5,7-8,10-11,13,24H,3,6,18H2,1-2H3/t7-,8+,10-,11+,13+/m0/s1. The van der Waals surface area contributed by atoms with Crippen LogP contribution >= 0.6 is 0 Å². The number of esters is 1. The number of carbonyl (C=O) groups is 1. The number of nitrogens with zero attached hydrogens (tertiary/aromatic N) is 5. The molecule has 1 aromatic heterocycles. The zero-order valence-corrected chi connectivity index (χ0v) is 15.1. The van der Waals surface area contributed by atoms with E-state index < -0.39 is 48.7 Å². The zero-order valence-electron chi connectivity index (χ0n) is 15.1. The lowest BCUT2D eigenvalue weighted by Crippen LogP contribution is -2.43. The lowest BCUT2D eigenvalue weighted by atomic mass is 10.0. The van der Waals surface area contributed by atoms with Crippen molar-refractivity contribution < 1.29 is 28.2 Å². The van der Waals surface area contributed by atoms with Crippen LogP contribution in [-0.4, -0.2) is 51.4 Å². The molecule has 0 unspecified atom stereocenters. The van der Waals surface area contributed by atoms with Gasteiger partial charge in [-0.05, 0) is 22.6 Å². The molecule has 1 aliphatic heterocycles. The van der Waals surface area contributed by atoms with Gasteiger partial charge >= 0.3 is 17.6 Å². The first-order valence-electron chi connectivity index (χ1n) is 8.41. The number of hydrogen-bond donors (Lipinski definition) is 2. The second-order valence-corrected chi connectivity index (χ2v) is 6.35. The fourth-order valence-electron chi connectivity index (χ4n) is 2.54. The second-order valence-electron chi connectivity index (χ2n) is 6.35. The molecule has 0 radical (unpaired) electrons. The van der Waals surface area contributed by atoms with Crippen molar-refractivity contribution in [2.75, 3.05) is 6.61 Å². The van der Waals surface area contributed by atoms with Gasteiger partial charge < -0.3 is 20.3 Å². The number of azide groups is 1. The van der Waals surface area contributed by atoms with Crippen LogP contribution in [0, 0.1) is 5.92 Å². The molecule has 0 bridgehead atoms. The number of nitrogens with two attached hydrogens (primary N) is 1. The number of aromatic nitrogens is 2. The third-order valence-corrected chi connectivity index (χ3v) is 4.51. The van der Waals surface area contributed by atoms with Crippen LogP contribution in [-0.2, 0) is 14.3 Å². The van der Waals surface area contributed by atoms with Crippen molar-refractivity contribution in [3.8, 4) is 0 Å². The predicted molar refractivity (Wildman–Crippen MR) is 90.6 cm³/mol. The van der Waals surface area contributed by atoms with Crippen LogP contribution in [0.1, 0.15) is 26.5 Å². The van der Waals surface area contributed by atoms with Gasteiger partial charge in [0.1, 0.15) is 24.6 Å². The van der Waals surface area contributed by atoms with Crippen molar-refractivity contribution in [3.63, 3.8) is 0 Å². The van der Waals surface area contributed by atoms with E-state index in [9.17, 15) is 23.5 Å². The van der Waals surface area contributed by atoms with E-state index in [2.05, 4.69) is 15.0 Å². The van der Waals surface area contributed by atoms with E-state index in [1.807, 2.05) is 6.92 Å². The smallest absolute Gasteiger partial charge is 0.350 e. The van der Waals surface area contributed by atoms with Gasteiger partial charge in [-0.3, -0.25) is 9.36 Å². The number of aliphatic hydroxyl groups excluding tert-OH is 1. The molecule has 0 spiro atoms.